The van der Waals surface area contributed by atoms with Crippen LogP contribution >= 0.6 is 12.4 Å². The Kier molecular flexibility index (Phi) is 5.00. The van der Waals surface area contributed by atoms with Crippen molar-refractivity contribution in [3.63, 3.8) is 0 Å². The molecule has 0 spiro atoms. The van der Waals surface area contributed by atoms with Crippen molar-refractivity contribution in [2.24, 2.45) is 7.05 Å². The van der Waals surface area contributed by atoms with Gasteiger partial charge in [-0.2, -0.15) is 10.2 Å². The molecule has 0 bridgehead atoms. The molecule has 106 valence electrons. The van der Waals surface area contributed by atoms with Gasteiger partial charge in [0.25, 0.3) is 0 Å². The van der Waals surface area contributed by atoms with Crippen LogP contribution in [0.1, 0.15) is 36.7 Å². The smallest absolute Gasteiger partial charge is 0.151 e. The second kappa shape index (κ2) is 6.10. The van der Waals surface area contributed by atoms with Gasteiger partial charge in [0.2, 0.25) is 0 Å². The van der Waals surface area contributed by atoms with Crippen molar-refractivity contribution < 1.29 is 0 Å². The van der Waals surface area contributed by atoms with E-state index < -0.39 is 0 Å². The van der Waals surface area contributed by atoms with Crippen LogP contribution in [0.4, 0.5) is 5.82 Å². The SMILES string of the molecule is Cc1cn(C(C)C)nc1NCc1c(C)cnn1C.Cl. The summed E-state index contributed by atoms with van der Waals surface area (Å²) in [6, 6.07) is 0.387. The standard InChI is InChI=1S/C13H21N5.ClH/c1-9(2)18-8-11(4)13(16-18)14-7-12-10(3)6-15-17(12)5;/h6,8-9H,7H2,1-5H3,(H,14,16);1H. The van der Waals surface area contributed by atoms with E-state index in [9.17, 15) is 0 Å². The molecule has 2 aromatic rings. The zero-order valence-corrected chi connectivity index (χ0v) is 13.0. The Bertz CT molecular complexity index is 522. The zero-order valence-electron chi connectivity index (χ0n) is 12.1. The van der Waals surface area contributed by atoms with E-state index in [-0.39, 0.29) is 12.4 Å². The number of aryl methyl sites for hydroxylation is 3. The summed E-state index contributed by atoms with van der Waals surface area (Å²) in [6.45, 7) is 9.15. The summed E-state index contributed by atoms with van der Waals surface area (Å²) in [7, 11) is 1.96. The maximum absolute atomic E-state index is 4.54. The molecule has 1 N–H and O–H groups in total. The third-order valence-corrected chi connectivity index (χ3v) is 3.14. The molecule has 0 unspecified atom stereocenters. The quantitative estimate of drug-likeness (QED) is 0.939. The summed E-state index contributed by atoms with van der Waals surface area (Å²) in [6.07, 6.45) is 3.96. The Labute approximate surface area is 120 Å². The van der Waals surface area contributed by atoms with Gasteiger partial charge in [-0.1, -0.05) is 0 Å². The topological polar surface area (TPSA) is 47.7 Å². The minimum absolute atomic E-state index is 0. The van der Waals surface area contributed by atoms with Crippen molar-refractivity contribution in [3.8, 4) is 0 Å². The fourth-order valence-electron chi connectivity index (χ4n) is 1.92. The van der Waals surface area contributed by atoms with Crippen LogP contribution in [0.5, 0.6) is 0 Å². The van der Waals surface area contributed by atoms with Crippen LogP contribution in [0.15, 0.2) is 12.4 Å². The third-order valence-electron chi connectivity index (χ3n) is 3.14. The average Bonchev–Trinajstić information content (AvgIpc) is 2.82. The van der Waals surface area contributed by atoms with E-state index in [0.29, 0.717) is 6.04 Å². The molecular weight excluding hydrogens is 262 g/mol. The van der Waals surface area contributed by atoms with Gasteiger partial charge in [-0.05, 0) is 33.3 Å². The highest BCUT2D eigenvalue weighted by Gasteiger charge is 2.09. The molecule has 0 aliphatic rings. The van der Waals surface area contributed by atoms with Gasteiger partial charge in [-0.25, -0.2) is 0 Å². The first kappa shape index (κ1) is 15.6. The summed E-state index contributed by atoms with van der Waals surface area (Å²) in [5.41, 5.74) is 3.56. The Morgan fingerprint density at radius 1 is 1.26 bits per heavy atom. The average molecular weight is 284 g/mol. The van der Waals surface area contributed by atoms with Crippen LogP contribution in [0.3, 0.4) is 0 Å². The van der Waals surface area contributed by atoms with Gasteiger partial charge in [-0.15, -0.1) is 12.4 Å². The van der Waals surface area contributed by atoms with Crippen LogP contribution in [0.2, 0.25) is 0 Å². The van der Waals surface area contributed by atoms with Crippen LogP contribution in [0.25, 0.3) is 0 Å². The minimum atomic E-state index is 0. The molecule has 0 aromatic carbocycles. The van der Waals surface area contributed by atoms with E-state index in [0.717, 1.165) is 12.4 Å². The van der Waals surface area contributed by atoms with Gasteiger partial charge < -0.3 is 5.32 Å². The number of hydrogen-bond acceptors (Lipinski definition) is 3. The van der Waals surface area contributed by atoms with E-state index in [1.165, 1.54) is 16.8 Å². The summed E-state index contributed by atoms with van der Waals surface area (Å²) in [4.78, 5) is 0. The van der Waals surface area contributed by atoms with E-state index in [1.807, 2.05) is 22.6 Å². The number of aromatic nitrogens is 4. The van der Waals surface area contributed by atoms with E-state index in [1.54, 1.807) is 0 Å². The van der Waals surface area contributed by atoms with Crippen molar-refractivity contribution in [2.45, 2.75) is 40.3 Å². The van der Waals surface area contributed by atoms with Crippen molar-refractivity contribution in [3.05, 3.63) is 29.2 Å². The first-order valence-electron chi connectivity index (χ1n) is 6.26. The molecule has 2 rings (SSSR count). The molecule has 6 heteroatoms. The fraction of sp³-hybridized carbons (Fsp3) is 0.538. The van der Waals surface area contributed by atoms with Gasteiger partial charge >= 0.3 is 0 Å². The first-order chi connectivity index (χ1) is 8.49. The largest absolute Gasteiger partial charge is 0.363 e. The summed E-state index contributed by atoms with van der Waals surface area (Å²) < 4.78 is 3.88. The number of anilines is 1. The monoisotopic (exact) mass is 283 g/mol. The fourth-order valence-corrected chi connectivity index (χ4v) is 1.92. The number of halogens is 1. The van der Waals surface area contributed by atoms with Crippen LogP contribution in [0, 0.1) is 13.8 Å². The molecule has 2 aromatic heterocycles. The summed E-state index contributed by atoms with van der Waals surface area (Å²) in [5.74, 6) is 0.948. The normalized spacial score (nSPS) is 10.6. The predicted octanol–water partition coefficient (Wildman–Crippen LogP) is 2.85. The van der Waals surface area contributed by atoms with Gasteiger partial charge in [-0.3, -0.25) is 9.36 Å². The number of hydrogen-bond donors (Lipinski definition) is 1. The Morgan fingerprint density at radius 2 is 1.95 bits per heavy atom. The molecule has 5 nitrogen and oxygen atoms in total. The van der Waals surface area contributed by atoms with Gasteiger partial charge in [0.05, 0.1) is 18.4 Å². The second-order valence-electron chi connectivity index (χ2n) is 4.99. The molecule has 0 aliphatic carbocycles. The zero-order chi connectivity index (χ0) is 13.3. The molecule has 0 saturated heterocycles. The van der Waals surface area contributed by atoms with E-state index >= 15 is 0 Å². The molecule has 2 heterocycles. The molecule has 0 aliphatic heterocycles. The predicted molar refractivity (Wildman–Crippen MR) is 79.9 cm³/mol. The van der Waals surface area contributed by atoms with Gasteiger partial charge in [0.15, 0.2) is 5.82 Å². The van der Waals surface area contributed by atoms with Crippen molar-refractivity contribution >= 4 is 18.2 Å². The van der Waals surface area contributed by atoms with E-state index in [4.69, 9.17) is 0 Å². The van der Waals surface area contributed by atoms with Crippen molar-refractivity contribution in [1.29, 1.82) is 0 Å². The van der Waals surface area contributed by atoms with Crippen LogP contribution < -0.4 is 5.32 Å². The van der Waals surface area contributed by atoms with Gasteiger partial charge in [0, 0.05) is 24.8 Å². The highest BCUT2D eigenvalue weighted by atomic mass is 35.5. The van der Waals surface area contributed by atoms with Gasteiger partial charge in [0.1, 0.15) is 0 Å². The number of nitrogens with zero attached hydrogens (tertiary/aromatic N) is 4. The molecule has 0 radical (unpaired) electrons. The second-order valence-corrected chi connectivity index (χ2v) is 4.99. The lowest BCUT2D eigenvalue weighted by atomic mass is 10.2. The highest BCUT2D eigenvalue weighted by Crippen LogP contribution is 2.16. The van der Waals surface area contributed by atoms with E-state index in [2.05, 4.69) is 49.4 Å². The first-order valence-corrected chi connectivity index (χ1v) is 6.26. The lowest BCUT2D eigenvalue weighted by Crippen LogP contribution is -2.08. The Balaban J connectivity index is 0.00000180. The molecule has 0 saturated carbocycles. The van der Waals surface area contributed by atoms with Crippen LogP contribution in [-0.4, -0.2) is 19.6 Å². The molecule has 0 amide bonds. The molecular formula is C13H22ClN5. The molecule has 0 atom stereocenters. The third kappa shape index (κ3) is 3.29. The lowest BCUT2D eigenvalue weighted by Gasteiger charge is -2.07. The number of nitrogens with one attached hydrogen (secondary N) is 1. The lowest BCUT2D eigenvalue weighted by molar-refractivity contribution is 0.533. The van der Waals surface area contributed by atoms with Crippen molar-refractivity contribution in [1.82, 2.24) is 19.6 Å². The summed E-state index contributed by atoms with van der Waals surface area (Å²) in [5, 5.41) is 12.2. The Morgan fingerprint density at radius 3 is 2.42 bits per heavy atom. The maximum atomic E-state index is 4.54. The summed E-state index contributed by atoms with van der Waals surface area (Å²) >= 11 is 0. The van der Waals surface area contributed by atoms with Crippen molar-refractivity contribution in [2.75, 3.05) is 5.32 Å². The number of rotatable bonds is 4. The maximum Gasteiger partial charge on any atom is 0.151 e. The van der Waals surface area contributed by atoms with Crippen LogP contribution in [-0.2, 0) is 13.6 Å². The highest BCUT2D eigenvalue weighted by molar-refractivity contribution is 5.85. The molecule has 19 heavy (non-hydrogen) atoms. The minimum Gasteiger partial charge on any atom is -0.363 e. The Hall–Kier alpha value is -1.49. The molecule has 0 fully saturated rings.